The van der Waals surface area contributed by atoms with E-state index in [2.05, 4.69) is 0 Å². The van der Waals surface area contributed by atoms with Gasteiger partial charge in [-0.2, -0.15) is 0 Å². The van der Waals surface area contributed by atoms with Gasteiger partial charge in [-0.3, -0.25) is 4.79 Å². The number of carbonyl (C=O) groups is 1. The predicted molar refractivity (Wildman–Crippen MR) is 58.9 cm³/mol. The summed E-state index contributed by atoms with van der Waals surface area (Å²) in [6.07, 6.45) is 0. The monoisotopic (exact) mass is 249 g/mol. The van der Waals surface area contributed by atoms with E-state index in [1.807, 2.05) is 0 Å². The lowest BCUT2D eigenvalue weighted by atomic mass is 10.1. The number of benzene rings is 1. The van der Waals surface area contributed by atoms with E-state index in [1.54, 1.807) is 6.92 Å². The molecule has 0 saturated carbocycles. The maximum absolute atomic E-state index is 13.2. The lowest BCUT2D eigenvalue weighted by molar-refractivity contribution is 0.230. The van der Waals surface area contributed by atoms with Gasteiger partial charge in [0, 0.05) is 18.6 Å². The third kappa shape index (κ3) is 3.08. The van der Waals surface area contributed by atoms with Crippen molar-refractivity contribution in [2.24, 2.45) is 0 Å². The molecule has 1 aromatic rings. The lowest BCUT2D eigenvalue weighted by Crippen LogP contribution is -2.20. The van der Waals surface area contributed by atoms with E-state index in [0.717, 1.165) is 0 Å². The van der Waals surface area contributed by atoms with Crippen LogP contribution in [0.25, 0.3) is 0 Å². The summed E-state index contributed by atoms with van der Waals surface area (Å²) in [5.41, 5.74) is 1.01. The molecule has 1 rings (SSSR count). The van der Waals surface area contributed by atoms with Crippen LogP contribution in [0, 0.1) is 12.7 Å². The third-order valence-electron chi connectivity index (χ3n) is 2.04. The lowest BCUT2D eigenvalue weighted by Gasteiger charge is -2.14. The molecule has 0 atom stereocenters. The van der Waals surface area contributed by atoms with E-state index in [4.69, 9.17) is 23.2 Å². The standard InChI is InChI=1S/C10H10Cl2FNO/c1-6-3-8(11)7(4-9(6)13)5-14(2)10(12)15/h3-4H,5H2,1-2H3. The van der Waals surface area contributed by atoms with Crippen molar-refractivity contribution in [3.63, 3.8) is 0 Å². The van der Waals surface area contributed by atoms with Crippen LogP contribution in [0.3, 0.4) is 0 Å². The molecule has 0 bridgehead atoms. The zero-order valence-electron chi connectivity index (χ0n) is 8.35. The first-order valence-electron chi connectivity index (χ1n) is 4.27. The first-order valence-corrected chi connectivity index (χ1v) is 5.02. The van der Waals surface area contributed by atoms with E-state index >= 15 is 0 Å². The summed E-state index contributed by atoms with van der Waals surface area (Å²) in [4.78, 5) is 12.0. The van der Waals surface area contributed by atoms with E-state index < -0.39 is 5.37 Å². The van der Waals surface area contributed by atoms with Gasteiger partial charge in [0.15, 0.2) is 0 Å². The van der Waals surface area contributed by atoms with Gasteiger partial charge in [-0.25, -0.2) is 4.39 Å². The third-order valence-corrected chi connectivity index (χ3v) is 2.68. The molecule has 0 saturated heterocycles. The van der Waals surface area contributed by atoms with Crippen molar-refractivity contribution >= 4 is 28.6 Å². The average molecular weight is 250 g/mol. The SMILES string of the molecule is Cc1cc(Cl)c(CN(C)C(=O)Cl)cc1F. The largest absolute Gasteiger partial charge is 0.328 e. The van der Waals surface area contributed by atoms with Crippen LogP contribution in [0.5, 0.6) is 0 Å². The van der Waals surface area contributed by atoms with Crippen LogP contribution in [0.4, 0.5) is 9.18 Å². The van der Waals surface area contributed by atoms with E-state index in [9.17, 15) is 9.18 Å². The van der Waals surface area contributed by atoms with Gasteiger partial charge < -0.3 is 4.90 Å². The van der Waals surface area contributed by atoms with Gasteiger partial charge in [0.1, 0.15) is 5.82 Å². The second-order valence-corrected chi connectivity index (χ2v) is 4.03. The normalized spacial score (nSPS) is 10.2. The molecule has 0 radical (unpaired) electrons. The molecular formula is C10H10Cl2FNO. The average Bonchev–Trinajstić information content (AvgIpc) is 2.13. The van der Waals surface area contributed by atoms with Crippen LogP contribution < -0.4 is 0 Å². The minimum atomic E-state index is -0.605. The van der Waals surface area contributed by atoms with Crippen LogP contribution in [0.1, 0.15) is 11.1 Å². The Morgan fingerprint density at radius 3 is 2.67 bits per heavy atom. The van der Waals surface area contributed by atoms with E-state index in [1.165, 1.54) is 24.1 Å². The van der Waals surface area contributed by atoms with E-state index in [0.29, 0.717) is 16.1 Å². The number of halogens is 3. The molecule has 0 unspecified atom stereocenters. The quantitative estimate of drug-likeness (QED) is 0.580. The number of nitrogens with zero attached hydrogens (tertiary/aromatic N) is 1. The number of hydrogen-bond donors (Lipinski definition) is 0. The maximum Gasteiger partial charge on any atom is 0.316 e. The molecular weight excluding hydrogens is 240 g/mol. The van der Waals surface area contributed by atoms with Gasteiger partial charge in [0.25, 0.3) is 0 Å². The minimum absolute atomic E-state index is 0.193. The zero-order valence-corrected chi connectivity index (χ0v) is 9.86. The topological polar surface area (TPSA) is 20.3 Å². The van der Waals surface area contributed by atoms with Crippen LogP contribution in [0.2, 0.25) is 5.02 Å². The second kappa shape index (κ2) is 4.81. The molecule has 0 aliphatic rings. The van der Waals surface area contributed by atoms with Gasteiger partial charge in [0.2, 0.25) is 0 Å². The van der Waals surface area contributed by atoms with Crippen LogP contribution in [-0.2, 0) is 6.54 Å². The molecule has 0 aliphatic carbocycles. The van der Waals surface area contributed by atoms with Gasteiger partial charge in [-0.05, 0) is 41.8 Å². The van der Waals surface area contributed by atoms with Crippen molar-refractivity contribution in [2.75, 3.05) is 7.05 Å². The number of amides is 1. The summed E-state index contributed by atoms with van der Waals surface area (Å²) in [7, 11) is 1.52. The first-order chi connectivity index (χ1) is 6.91. The minimum Gasteiger partial charge on any atom is -0.328 e. The second-order valence-electron chi connectivity index (χ2n) is 3.30. The molecule has 82 valence electrons. The Bertz CT molecular complexity index is 395. The van der Waals surface area contributed by atoms with Gasteiger partial charge in [0.05, 0.1) is 0 Å². The van der Waals surface area contributed by atoms with Crippen molar-refractivity contribution in [3.05, 3.63) is 34.1 Å². The van der Waals surface area contributed by atoms with Crippen molar-refractivity contribution in [1.29, 1.82) is 0 Å². The van der Waals surface area contributed by atoms with Crippen LogP contribution >= 0.6 is 23.2 Å². The van der Waals surface area contributed by atoms with Gasteiger partial charge in [-0.15, -0.1) is 0 Å². The zero-order chi connectivity index (χ0) is 11.6. The summed E-state index contributed by atoms with van der Waals surface area (Å²) < 4.78 is 13.2. The molecule has 15 heavy (non-hydrogen) atoms. The van der Waals surface area contributed by atoms with Crippen LogP contribution in [0.15, 0.2) is 12.1 Å². The summed E-state index contributed by atoms with van der Waals surface area (Å²) in [5.74, 6) is -0.343. The van der Waals surface area contributed by atoms with Crippen molar-refractivity contribution in [2.45, 2.75) is 13.5 Å². The molecule has 5 heteroatoms. The number of aryl methyl sites for hydroxylation is 1. The summed E-state index contributed by atoms with van der Waals surface area (Å²) >= 11 is 11.2. The van der Waals surface area contributed by atoms with Crippen molar-refractivity contribution in [1.82, 2.24) is 4.90 Å². The highest BCUT2D eigenvalue weighted by atomic mass is 35.5. The highest BCUT2D eigenvalue weighted by Crippen LogP contribution is 2.21. The molecule has 2 nitrogen and oxygen atoms in total. The highest BCUT2D eigenvalue weighted by molar-refractivity contribution is 6.62. The molecule has 0 aromatic heterocycles. The molecule has 0 spiro atoms. The van der Waals surface area contributed by atoms with Gasteiger partial charge >= 0.3 is 5.37 Å². The van der Waals surface area contributed by atoms with Crippen molar-refractivity contribution < 1.29 is 9.18 Å². The smallest absolute Gasteiger partial charge is 0.316 e. The van der Waals surface area contributed by atoms with Crippen molar-refractivity contribution in [3.8, 4) is 0 Å². The van der Waals surface area contributed by atoms with E-state index in [-0.39, 0.29) is 12.4 Å². The summed E-state index contributed by atoms with van der Waals surface area (Å²) in [6.45, 7) is 1.82. The Kier molecular flexibility index (Phi) is 3.94. The fraction of sp³-hybridized carbons (Fsp3) is 0.300. The highest BCUT2D eigenvalue weighted by Gasteiger charge is 2.10. The Morgan fingerprint density at radius 2 is 2.13 bits per heavy atom. The molecule has 1 amide bonds. The molecule has 1 aromatic carbocycles. The van der Waals surface area contributed by atoms with Gasteiger partial charge in [-0.1, -0.05) is 11.6 Å². The fourth-order valence-electron chi connectivity index (χ4n) is 1.13. The number of carbonyl (C=O) groups excluding carboxylic acids is 1. The Balaban J connectivity index is 2.95. The molecule has 0 N–H and O–H groups in total. The first kappa shape index (κ1) is 12.3. The molecule has 0 aliphatic heterocycles. The molecule has 0 fully saturated rings. The predicted octanol–water partition coefficient (Wildman–Crippen LogP) is 3.58. The Morgan fingerprint density at radius 1 is 1.53 bits per heavy atom. The number of rotatable bonds is 2. The fourth-order valence-corrected chi connectivity index (χ4v) is 1.46. The Hall–Kier alpha value is -0.800. The maximum atomic E-state index is 13.2. The number of hydrogen-bond acceptors (Lipinski definition) is 1. The Labute approximate surface area is 97.6 Å². The summed E-state index contributed by atoms with van der Waals surface area (Å²) in [5, 5.41) is -0.175. The molecule has 0 heterocycles. The summed E-state index contributed by atoms with van der Waals surface area (Å²) in [6, 6.07) is 2.84. The van der Waals surface area contributed by atoms with Crippen LogP contribution in [-0.4, -0.2) is 17.3 Å².